The first-order chi connectivity index (χ1) is 4.68. The molecule has 0 aliphatic rings. The summed E-state index contributed by atoms with van der Waals surface area (Å²) in [6.07, 6.45) is -0.0479. The van der Waals surface area contributed by atoms with Crippen LogP contribution in [0.1, 0.15) is 5.82 Å². The molecule has 1 aromatic heterocycles. The second-order valence-electron chi connectivity index (χ2n) is 1.65. The summed E-state index contributed by atoms with van der Waals surface area (Å²) in [4.78, 5) is 13.9. The van der Waals surface area contributed by atoms with E-state index < -0.39 is 5.91 Å². The van der Waals surface area contributed by atoms with E-state index in [9.17, 15) is 4.79 Å². The summed E-state index contributed by atoms with van der Waals surface area (Å²) >= 11 is 1.03. The van der Waals surface area contributed by atoms with Gasteiger partial charge in [-0.3, -0.25) is 10.5 Å². The molecular weight excluding hydrogens is 152 g/mol. The Bertz CT molecular complexity index is 245. The molecule has 1 rings (SSSR count). The molecular formula is C4H5N4OS. The van der Waals surface area contributed by atoms with Gasteiger partial charge in [-0.05, 0) is 0 Å². The number of anilines is 1. The highest BCUT2D eigenvalue weighted by Crippen LogP contribution is 2.05. The SMILES string of the molecule is [NH]C(=O)Cc1nsc(N)n1. The number of rotatable bonds is 2. The molecule has 0 unspecified atom stereocenters. The topological polar surface area (TPSA) is 92.7 Å². The Labute approximate surface area is 61.2 Å². The summed E-state index contributed by atoms with van der Waals surface area (Å²) in [5.41, 5.74) is 11.8. The van der Waals surface area contributed by atoms with Crippen molar-refractivity contribution in [2.24, 2.45) is 0 Å². The van der Waals surface area contributed by atoms with Crippen LogP contribution in [0.2, 0.25) is 0 Å². The van der Waals surface area contributed by atoms with E-state index in [1.807, 2.05) is 0 Å². The molecule has 0 atom stereocenters. The zero-order valence-electron chi connectivity index (χ0n) is 5.00. The summed E-state index contributed by atoms with van der Waals surface area (Å²) < 4.78 is 3.72. The van der Waals surface area contributed by atoms with Crippen LogP contribution >= 0.6 is 11.5 Å². The van der Waals surface area contributed by atoms with Crippen molar-refractivity contribution < 1.29 is 4.79 Å². The fraction of sp³-hybridized carbons (Fsp3) is 0.250. The number of carbonyl (C=O) groups is 1. The Balaban J connectivity index is 2.67. The van der Waals surface area contributed by atoms with Crippen LogP contribution in [0.15, 0.2) is 0 Å². The van der Waals surface area contributed by atoms with Gasteiger partial charge in [-0.25, -0.2) is 4.98 Å². The highest BCUT2D eigenvalue weighted by atomic mass is 32.1. The third-order valence-corrected chi connectivity index (χ3v) is 1.38. The zero-order chi connectivity index (χ0) is 7.56. The number of hydrogen-bond donors (Lipinski definition) is 1. The normalized spacial score (nSPS) is 9.60. The van der Waals surface area contributed by atoms with Gasteiger partial charge < -0.3 is 5.73 Å². The van der Waals surface area contributed by atoms with Gasteiger partial charge in [0.15, 0.2) is 11.0 Å². The van der Waals surface area contributed by atoms with Gasteiger partial charge in [-0.2, -0.15) is 4.37 Å². The molecule has 1 radical (unpaired) electrons. The lowest BCUT2D eigenvalue weighted by Gasteiger charge is -1.83. The monoisotopic (exact) mass is 157 g/mol. The number of nitrogens with zero attached hydrogens (tertiary/aromatic N) is 2. The zero-order valence-corrected chi connectivity index (χ0v) is 5.81. The van der Waals surface area contributed by atoms with Crippen molar-refractivity contribution in [2.45, 2.75) is 6.42 Å². The van der Waals surface area contributed by atoms with Crippen molar-refractivity contribution in [1.29, 1.82) is 0 Å². The van der Waals surface area contributed by atoms with Crippen LogP contribution in [0, 0.1) is 0 Å². The standard InChI is InChI=1S/C4H5N4OS/c5-2(9)1-3-7-4(6)10-8-3/h5H,1H2,(H2,6,7,8). The van der Waals surface area contributed by atoms with E-state index in [1.54, 1.807) is 0 Å². The van der Waals surface area contributed by atoms with E-state index in [0.717, 1.165) is 11.5 Å². The summed E-state index contributed by atoms with van der Waals surface area (Å²) in [7, 11) is 0. The molecule has 0 bridgehead atoms. The number of amides is 1. The van der Waals surface area contributed by atoms with Gasteiger partial charge in [0.2, 0.25) is 5.91 Å². The summed E-state index contributed by atoms with van der Waals surface area (Å²) in [6, 6.07) is 0. The Hall–Kier alpha value is -1.17. The van der Waals surface area contributed by atoms with E-state index >= 15 is 0 Å². The van der Waals surface area contributed by atoms with E-state index in [-0.39, 0.29) is 6.42 Å². The van der Waals surface area contributed by atoms with E-state index in [4.69, 9.17) is 11.5 Å². The largest absolute Gasteiger partial charge is 0.374 e. The van der Waals surface area contributed by atoms with Crippen LogP contribution < -0.4 is 11.5 Å². The third-order valence-electron chi connectivity index (χ3n) is 0.802. The van der Waals surface area contributed by atoms with E-state index in [2.05, 4.69) is 9.36 Å². The molecule has 53 valence electrons. The number of nitrogens with one attached hydrogen (secondary N) is 1. The first-order valence-electron chi connectivity index (χ1n) is 2.51. The molecule has 0 aliphatic heterocycles. The predicted octanol–water partition coefficient (Wildman–Crippen LogP) is -0.528. The lowest BCUT2D eigenvalue weighted by Crippen LogP contribution is -2.03. The number of nitrogens with two attached hydrogens (primary N) is 1. The van der Waals surface area contributed by atoms with Gasteiger partial charge in [0.25, 0.3) is 0 Å². The van der Waals surface area contributed by atoms with Crippen LogP contribution in [0.25, 0.3) is 0 Å². The van der Waals surface area contributed by atoms with E-state index in [0.29, 0.717) is 11.0 Å². The minimum atomic E-state index is -0.696. The van der Waals surface area contributed by atoms with Gasteiger partial charge in [0.1, 0.15) is 0 Å². The number of hydrogen-bond acceptors (Lipinski definition) is 5. The maximum Gasteiger partial charge on any atom is 0.246 e. The van der Waals surface area contributed by atoms with Crippen molar-refractivity contribution in [1.82, 2.24) is 15.1 Å². The van der Waals surface area contributed by atoms with Gasteiger partial charge in [0.05, 0.1) is 6.42 Å². The molecule has 0 aromatic carbocycles. The van der Waals surface area contributed by atoms with Gasteiger partial charge >= 0.3 is 0 Å². The first-order valence-corrected chi connectivity index (χ1v) is 3.28. The summed E-state index contributed by atoms with van der Waals surface area (Å²) in [5.74, 6) is -0.361. The smallest absolute Gasteiger partial charge is 0.246 e. The molecule has 0 spiro atoms. The highest BCUT2D eigenvalue weighted by molar-refractivity contribution is 7.09. The molecule has 3 N–H and O–H groups in total. The molecule has 6 heteroatoms. The van der Waals surface area contributed by atoms with Crippen LogP contribution in [-0.4, -0.2) is 15.3 Å². The van der Waals surface area contributed by atoms with Crippen molar-refractivity contribution >= 4 is 22.6 Å². The molecule has 10 heavy (non-hydrogen) atoms. The van der Waals surface area contributed by atoms with Gasteiger partial charge in [-0.15, -0.1) is 0 Å². The quantitative estimate of drug-likeness (QED) is 0.624. The minimum Gasteiger partial charge on any atom is -0.374 e. The summed E-state index contributed by atoms with van der Waals surface area (Å²) in [5, 5.41) is 0.330. The Morgan fingerprint density at radius 1 is 1.80 bits per heavy atom. The Kier molecular flexibility index (Phi) is 1.81. The number of carbonyl (C=O) groups excluding carboxylic acids is 1. The van der Waals surface area contributed by atoms with Crippen molar-refractivity contribution in [3.63, 3.8) is 0 Å². The molecule has 5 nitrogen and oxygen atoms in total. The molecule has 1 amide bonds. The second kappa shape index (κ2) is 2.61. The molecule has 0 fully saturated rings. The average molecular weight is 157 g/mol. The maximum atomic E-state index is 10.2. The molecule has 1 heterocycles. The predicted molar refractivity (Wildman–Crippen MR) is 36.1 cm³/mol. The molecule has 0 saturated carbocycles. The van der Waals surface area contributed by atoms with Crippen molar-refractivity contribution in [3.05, 3.63) is 5.82 Å². The van der Waals surface area contributed by atoms with Crippen LogP contribution in [0.4, 0.5) is 5.13 Å². The lowest BCUT2D eigenvalue weighted by atomic mass is 10.4. The summed E-state index contributed by atoms with van der Waals surface area (Å²) in [6.45, 7) is 0. The third kappa shape index (κ3) is 1.66. The molecule has 0 aliphatic carbocycles. The van der Waals surface area contributed by atoms with E-state index in [1.165, 1.54) is 0 Å². The van der Waals surface area contributed by atoms with Gasteiger partial charge in [0, 0.05) is 11.5 Å². The molecule has 0 saturated heterocycles. The van der Waals surface area contributed by atoms with Crippen LogP contribution in [0.3, 0.4) is 0 Å². The van der Waals surface area contributed by atoms with Crippen molar-refractivity contribution in [3.8, 4) is 0 Å². The fourth-order valence-electron chi connectivity index (χ4n) is 0.483. The lowest BCUT2D eigenvalue weighted by molar-refractivity contribution is -0.118. The Morgan fingerprint density at radius 3 is 2.90 bits per heavy atom. The number of nitrogen functional groups attached to an aromatic ring is 1. The average Bonchev–Trinajstić information content (AvgIpc) is 2.13. The Morgan fingerprint density at radius 2 is 2.50 bits per heavy atom. The first kappa shape index (κ1) is 6.94. The van der Waals surface area contributed by atoms with Crippen LogP contribution in [-0.2, 0) is 11.2 Å². The van der Waals surface area contributed by atoms with Crippen molar-refractivity contribution in [2.75, 3.05) is 5.73 Å². The highest BCUT2D eigenvalue weighted by Gasteiger charge is 2.03. The minimum absolute atomic E-state index is 0.0479. The fourth-order valence-corrected chi connectivity index (χ4v) is 0.933. The second-order valence-corrected chi connectivity index (χ2v) is 2.43. The number of aromatic nitrogens is 2. The maximum absolute atomic E-state index is 10.2. The van der Waals surface area contributed by atoms with Gasteiger partial charge in [-0.1, -0.05) is 0 Å². The van der Waals surface area contributed by atoms with Crippen LogP contribution in [0.5, 0.6) is 0 Å². The molecule has 1 aromatic rings.